The van der Waals surface area contributed by atoms with Gasteiger partial charge >= 0.3 is 0 Å². The summed E-state index contributed by atoms with van der Waals surface area (Å²) >= 11 is 12.8. The molecule has 0 radical (unpaired) electrons. The molecule has 0 heterocycles. The van der Waals surface area contributed by atoms with Gasteiger partial charge < -0.3 is 4.74 Å². The lowest BCUT2D eigenvalue weighted by Gasteiger charge is -2.11. The minimum atomic E-state index is -0.501. The first-order valence-electron chi connectivity index (χ1n) is 5.47. The Morgan fingerprint density at radius 3 is 2.55 bits per heavy atom. The lowest BCUT2D eigenvalue weighted by molar-refractivity contribution is -0.384. The van der Waals surface area contributed by atoms with Crippen LogP contribution in [0, 0.1) is 10.1 Å². The van der Waals surface area contributed by atoms with E-state index in [9.17, 15) is 10.1 Å². The molecule has 0 aliphatic rings. The summed E-state index contributed by atoms with van der Waals surface area (Å²) in [5.41, 5.74) is 0.875. The predicted octanol–water partition coefficient (Wildman–Crippen LogP) is 5.70. The SMILES string of the molecule is O=[N+]([O-])c1ccc(Oc2cc(Br)ccc2CBr)c(Cl)c1. The van der Waals surface area contributed by atoms with E-state index in [2.05, 4.69) is 31.9 Å². The number of nitro benzene ring substituents is 1. The standard InChI is InChI=1S/C13H8Br2ClNO3/c14-7-8-1-2-9(15)5-13(8)20-12-4-3-10(17(18)19)6-11(12)16/h1-6H,7H2. The number of non-ortho nitro benzene ring substituents is 1. The largest absolute Gasteiger partial charge is 0.455 e. The second kappa shape index (κ2) is 6.56. The number of rotatable bonds is 4. The minimum Gasteiger partial charge on any atom is -0.455 e. The number of nitro groups is 1. The quantitative estimate of drug-likeness (QED) is 0.362. The number of nitrogens with zero attached hydrogens (tertiary/aromatic N) is 1. The van der Waals surface area contributed by atoms with Crippen LogP contribution < -0.4 is 4.74 Å². The molecule has 0 fully saturated rings. The van der Waals surface area contributed by atoms with Crippen molar-refractivity contribution in [2.45, 2.75) is 5.33 Å². The molecule has 2 aromatic carbocycles. The summed E-state index contributed by atoms with van der Waals surface area (Å²) in [6, 6.07) is 9.73. The van der Waals surface area contributed by atoms with Crippen molar-refractivity contribution in [2.24, 2.45) is 0 Å². The minimum absolute atomic E-state index is 0.0719. The summed E-state index contributed by atoms with van der Waals surface area (Å²) in [6.07, 6.45) is 0. The Kier molecular flexibility index (Phi) is 5.01. The molecule has 7 heteroatoms. The van der Waals surface area contributed by atoms with Gasteiger partial charge in [0.15, 0.2) is 0 Å². The van der Waals surface area contributed by atoms with Gasteiger partial charge in [0.1, 0.15) is 11.5 Å². The fourth-order valence-electron chi connectivity index (χ4n) is 1.54. The van der Waals surface area contributed by atoms with E-state index in [-0.39, 0.29) is 10.7 Å². The number of halogens is 3. The average Bonchev–Trinajstić information content (AvgIpc) is 2.41. The highest BCUT2D eigenvalue weighted by Crippen LogP contribution is 2.35. The lowest BCUT2D eigenvalue weighted by Crippen LogP contribution is -1.92. The molecule has 0 spiro atoms. The van der Waals surface area contributed by atoms with Crippen molar-refractivity contribution in [1.29, 1.82) is 0 Å². The third-order valence-corrected chi connectivity index (χ3v) is 3.91. The fraction of sp³-hybridized carbons (Fsp3) is 0.0769. The van der Waals surface area contributed by atoms with Crippen molar-refractivity contribution in [3.63, 3.8) is 0 Å². The maximum Gasteiger partial charge on any atom is 0.271 e. The fourth-order valence-corrected chi connectivity index (χ4v) is 2.56. The van der Waals surface area contributed by atoms with Crippen molar-refractivity contribution < 1.29 is 9.66 Å². The second-order valence-electron chi connectivity index (χ2n) is 3.86. The molecule has 104 valence electrons. The summed E-state index contributed by atoms with van der Waals surface area (Å²) in [5, 5.41) is 11.5. The Labute approximate surface area is 137 Å². The van der Waals surface area contributed by atoms with Gasteiger partial charge in [-0.25, -0.2) is 0 Å². The number of benzene rings is 2. The zero-order chi connectivity index (χ0) is 14.7. The molecule has 0 N–H and O–H groups in total. The molecular formula is C13H8Br2ClNO3. The summed E-state index contributed by atoms with van der Waals surface area (Å²) in [5.74, 6) is 1.00. The number of alkyl halides is 1. The molecule has 0 bridgehead atoms. The summed E-state index contributed by atoms with van der Waals surface area (Å²) < 4.78 is 6.60. The number of hydrogen-bond donors (Lipinski definition) is 0. The van der Waals surface area contributed by atoms with Crippen LogP contribution in [0.5, 0.6) is 11.5 Å². The van der Waals surface area contributed by atoms with E-state index >= 15 is 0 Å². The van der Waals surface area contributed by atoms with Gasteiger partial charge in [0.2, 0.25) is 0 Å². The van der Waals surface area contributed by atoms with Gasteiger partial charge in [0, 0.05) is 27.5 Å². The molecule has 0 aliphatic heterocycles. The lowest BCUT2D eigenvalue weighted by atomic mass is 10.2. The van der Waals surface area contributed by atoms with E-state index in [0.717, 1.165) is 10.0 Å². The van der Waals surface area contributed by atoms with E-state index in [1.165, 1.54) is 18.2 Å². The van der Waals surface area contributed by atoms with Gasteiger partial charge in [-0.15, -0.1) is 0 Å². The van der Waals surface area contributed by atoms with Crippen LogP contribution in [0.4, 0.5) is 5.69 Å². The van der Waals surface area contributed by atoms with Crippen molar-refractivity contribution in [1.82, 2.24) is 0 Å². The van der Waals surface area contributed by atoms with E-state index < -0.39 is 4.92 Å². The van der Waals surface area contributed by atoms with Crippen LogP contribution in [0.1, 0.15) is 5.56 Å². The molecule has 2 aromatic rings. The highest BCUT2D eigenvalue weighted by Gasteiger charge is 2.12. The molecular weight excluding hydrogens is 413 g/mol. The van der Waals surface area contributed by atoms with Crippen LogP contribution in [0.2, 0.25) is 5.02 Å². The third kappa shape index (κ3) is 3.50. The molecule has 0 unspecified atom stereocenters. The maximum atomic E-state index is 10.7. The van der Waals surface area contributed by atoms with Crippen molar-refractivity contribution in [3.8, 4) is 11.5 Å². The first kappa shape index (κ1) is 15.3. The molecule has 0 amide bonds. The molecule has 2 rings (SSSR count). The molecule has 0 aromatic heterocycles. The molecule has 0 atom stereocenters. The highest BCUT2D eigenvalue weighted by molar-refractivity contribution is 9.10. The van der Waals surface area contributed by atoms with Crippen LogP contribution in [0.15, 0.2) is 40.9 Å². The first-order valence-corrected chi connectivity index (χ1v) is 7.76. The normalized spacial score (nSPS) is 10.3. The molecule has 20 heavy (non-hydrogen) atoms. The number of ether oxygens (including phenoxy) is 1. The number of hydrogen-bond acceptors (Lipinski definition) is 3. The summed E-state index contributed by atoms with van der Waals surface area (Å²) in [6.45, 7) is 0. The van der Waals surface area contributed by atoms with Gasteiger partial charge in [0.05, 0.1) is 9.95 Å². The molecule has 4 nitrogen and oxygen atoms in total. The van der Waals surface area contributed by atoms with E-state index in [1.54, 1.807) is 0 Å². The van der Waals surface area contributed by atoms with E-state index in [4.69, 9.17) is 16.3 Å². The van der Waals surface area contributed by atoms with Crippen molar-refractivity contribution in [3.05, 3.63) is 61.6 Å². The highest BCUT2D eigenvalue weighted by atomic mass is 79.9. The Morgan fingerprint density at radius 1 is 1.20 bits per heavy atom. The summed E-state index contributed by atoms with van der Waals surface area (Å²) in [4.78, 5) is 10.2. The topological polar surface area (TPSA) is 52.4 Å². The van der Waals surface area contributed by atoms with Crippen molar-refractivity contribution >= 4 is 49.1 Å². The van der Waals surface area contributed by atoms with Crippen LogP contribution in [-0.2, 0) is 5.33 Å². The van der Waals surface area contributed by atoms with Crippen molar-refractivity contribution in [2.75, 3.05) is 0 Å². The first-order chi connectivity index (χ1) is 9.51. The van der Waals surface area contributed by atoms with Crippen LogP contribution >= 0.6 is 43.5 Å². The van der Waals surface area contributed by atoms with E-state index in [0.29, 0.717) is 16.8 Å². The van der Waals surface area contributed by atoms with Gasteiger partial charge in [-0.3, -0.25) is 10.1 Å². The maximum absolute atomic E-state index is 10.7. The summed E-state index contributed by atoms with van der Waals surface area (Å²) in [7, 11) is 0. The van der Waals surface area contributed by atoms with Crippen LogP contribution in [-0.4, -0.2) is 4.92 Å². The zero-order valence-corrected chi connectivity index (χ0v) is 13.9. The predicted molar refractivity (Wildman–Crippen MR) is 85.0 cm³/mol. The Morgan fingerprint density at radius 2 is 1.95 bits per heavy atom. The second-order valence-corrected chi connectivity index (χ2v) is 5.74. The average molecular weight is 421 g/mol. The van der Waals surface area contributed by atoms with Gasteiger partial charge in [-0.1, -0.05) is 49.5 Å². The Bertz CT molecular complexity index is 664. The Hall–Kier alpha value is -1.11. The monoisotopic (exact) mass is 419 g/mol. The van der Waals surface area contributed by atoms with Gasteiger partial charge in [-0.2, -0.15) is 0 Å². The third-order valence-electron chi connectivity index (χ3n) is 2.52. The Balaban J connectivity index is 2.35. The van der Waals surface area contributed by atoms with Gasteiger partial charge in [0.25, 0.3) is 5.69 Å². The van der Waals surface area contributed by atoms with Crippen LogP contribution in [0.3, 0.4) is 0 Å². The zero-order valence-electron chi connectivity index (χ0n) is 9.98. The smallest absolute Gasteiger partial charge is 0.271 e. The van der Waals surface area contributed by atoms with Crippen LogP contribution in [0.25, 0.3) is 0 Å². The molecule has 0 saturated heterocycles. The molecule has 0 saturated carbocycles. The molecule has 0 aliphatic carbocycles. The van der Waals surface area contributed by atoms with E-state index in [1.807, 2.05) is 18.2 Å². The van der Waals surface area contributed by atoms with Gasteiger partial charge in [-0.05, 0) is 18.2 Å².